The zero-order valence-electron chi connectivity index (χ0n) is 18.5. The van der Waals surface area contributed by atoms with E-state index in [2.05, 4.69) is 22.0 Å². The molecular formula is C26H26ClN5O. The van der Waals surface area contributed by atoms with Crippen LogP contribution >= 0.6 is 11.6 Å². The van der Waals surface area contributed by atoms with Crippen molar-refractivity contribution < 1.29 is 4.79 Å². The van der Waals surface area contributed by atoms with Gasteiger partial charge in [0.05, 0.1) is 29.6 Å². The van der Waals surface area contributed by atoms with Crippen molar-refractivity contribution in [3.05, 3.63) is 92.9 Å². The molecule has 33 heavy (non-hydrogen) atoms. The average molecular weight is 460 g/mol. The number of allylic oxidation sites excluding steroid dienone is 1. The molecule has 0 radical (unpaired) electrons. The van der Waals surface area contributed by atoms with Gasteiger partial charge in [-0.05, 0) is 73.4 Å². The molecular weight excluding hydrogens is 434 g/mol. The standard InChI is InChI=1S/C26H26ClN5O/c1-16-12-22(27)21(25-30-23-6-9-29-15-24(23)31-25)13-20(16)26(33)32-10-7-19(8-11-32)18-4-2-17(14-28)3-5-18/h2-6,9,12-13,19,25,29-31H,7-8,10-11,15H2,1H3. The van der Waals surface area contributed by atoms with E-state index in [4.69, 9.17) is 16.9 Å². The van der Waals surface area contributed by atoms with Crippen molar-refractivity contribution in [3.8, 4) is 6.07 Å². The van der Waals surface area contributed by atoms with Crippen LogP contribution in [-0.4, -0.2) is 30.4 Å². The van der Waals surface area contributed by atoms with Crippen LogP contribution < -0.4 is 16.0 Å². The van der Waals surface area contributed by atoms with E-state index >= 15 is 0 Å². The molecule has 0 aliphatic carbocycles. The molecule has 3 N–H and O–H groups in total. The third-order valence-corrected chi connectivity index (χ3v) is 7.10. The molecule has 0 aromatic heterocycles. The van der Waals surface area contributed by atoms with Gasteiger partial charge in [0.1, 0.15) is 6.17 Å². The maximum Gasteiger partial charge on any atom is 0.254 e. The van der Waals surface area contributed by atoms with Gasteiger partial charge in [0.2, 0.25) is 0 Å². The van der Waals surface area contributed by atoms with E-state index in [1.54, 1.807) is 0 Å². The van der Waals surface area contributed by atoms with Crippen molar-refractivity contribution in [2.24, 2.45) is 0 Å². The second-order valence-corrected chi connectivity index (χ2v) is 9.22. The predicted molar refractivity (Wildman–Crippen MR) is 128 cm³/mol. The summed E-state index contributed by atoms with van der Waals surface area (Å²) in [7, 11) is 0. The van der Waals surface area contributed by atoms with Crippen molar-refractivity contribution >= 4 is 17.5 Å². The number of benzene rings is 2. The number of carbonyl (C=O) groups excluding carboxylic acids is 1. The molecule has 5 rings (SSSR count). The largest absolute Gasteiger partial charge is 0.385 e. The molecule has 1 fully saturated rings. The van der Waals surface area contributed by atoms with Crippen LogP contribution in [-0.2, 0) is 0 Å². The summed E-state index contributed by atoms with van der Waals surface area (Å²) in [6.07, 6.45) is 5.58. The van der Waals surface area contributed by atoms with Gasteiger partial charge in [0, 0.05) is 29.2 Å². The molecule has 3 heterocycles. The van der Waals surface area contributed by atoms with Crippen molar-refractivity contribution in [1.29, 1.82) is 5.26 Å². The maximum absolute atomic E-state index is 13.5. The van der Waals surface area contributed by atoms with Gasteiger partial charge in [-0.2, -0.15) is 5.26 Å². The number of hydrogen-bond acceptors (Lipinski definition) is 5. The Balaban J connectivity index is 1.29. The van der Waals surface area contributed by atoms with Crippen molar-refractivity contribution in [2.45, 2.75) is 31.8 Å². The summed E-state index contributed by atoms with van der Waals surface area (Å²) in [4.78, 5) is 15.4. The second-order valence-electron chi connectivity index (χ2n) is 8.82. The molecule has 7 heteroatoms. The Bertz CT molecular complexity index is 1190. The maximum atomic E-state index is 13.5. The Kier molecular flexibility index (Phi) is 5.74. The van der Waals surface area contributed by atoms with Crippen LogP contribution in [0.25, 0.3) is 0 Å². The highest BCUT2D eigenvalue weighted by Gasteiger charge is 2.29. The number of nitrogens with zero attached hydrogens (tertiary/aromatic N) is 2. The molecule has 0 bridgehead atoms. The summed E-state index contributed by atoms with van der Waals surface area (Å²) in [5, 5.41) is 19.8. The number of carbonyl (C=O) groups is 1. The van der Waals surface area contributed by atoms with Crippen molar-refractivity contribution in [3.63, 3.8) is 0 Å². The molecule has 0 saturated carbocycles. The molecule has 1 saturated heterocycles. The summed E-state index contributed by atoms with van der Waals surface area (Å²) in [6, 6.07) is 13.8. The number of likely N-dealkylation sites (tertiary alicyclic amines) is 1. The molecule has 2 aromatic rings. The third-order valence-electron chi connectivity index (χ3n) is 6.77. The number of aryl methyl sites for hydroxylation is 1. The molecule has 1 unspecified atom stereocenters. The van der Waals surface area contributed by atoms with Crippen LogP contribution in [0.1, 0.15) is 57.5 Å². The van der Waals surface area contributed by atoms with Gasteiger partial charge in [0.15, 0.2) is 0 Å². The lowest BCUT2D eigenvalue weighted by Crippen LogP contribution is -2.38. The number of halogens is 1. The summed E-state index contributed by atoms with van der Waals surface area (Å²) in [5.41, 5.74) is 6.53. The summed E-state index contributed by atoms with van der Waals surface area (Å²) in [5.74, 6) is 0.468. The van der Waals surface area contributed by atoms with E-state index in [0.29, 0.717) is 35.2 Å². The fourth-order valence-electron chi connectivity index (χ4n) is 4.84. The first-order valence-corrected chi connectivity index (χ1v) is 11.7. The molecule has 3 aliphatic rings. The highest BCUT2D eigenvalue weighted by Crippen LogP contribution is 2.32. The SMILES string of the molecule is Cc1cc(Cl)c(C2NC3=C(CNC=C3)N2)cc1C(=O)N1CCC(c2ccc(C#N)cc2)CC1. The lowest BCUT2D eigenvalue weighted by atomic mass is 9.88. The molecule has 1 atom stereocenters. The van der Waals surface area contributed by atoms with Gasteiger partial charge >= 0.3 is 0 Å². The minimum Gasteiger partial charge on any atom is -0.385 e. The number of nitrogens with one attached hydrogen (secondary N) is 3. The normalized spacial score (nSPS) is 19.9. The number of amides is 1. The fourth-order valence-corrected chi connectivity index (χ4v) is 5.17. The highest BCUT2D eigenvalue weighted by molar-refractivity contribution is 6.31. The zero-order valence-corrected chi connectivity index (χ0v) is 19.2. The molecule has 3 aliphatic heterocycles. The van der Waals surface area contributed by atoms with E-state index in [-0.39, 0.29) is 12.1 Å². The van der Waals surface area contributed by atoms with E-state index < -0.39 is 0 Å². The van der Waals surface area contributed by atoms with Crippen LogP contribution in [0.5, 0.6) is 0 Å². The first kappa shape index (κ1) is 21.4. The molecule has 0 spiro atoms. The van der Waals surface area contributed by atoms with E-state index in [9.17, 15) is 4.79 Å². The Hall–Kier alpha value is -3.43. The summed E-state index contributed by atoms with van der Waals surface area (Å²) >= 11 is 6.60. The van der Waals surface area contributed by atoms with Crippen LogP contribution in [0, 0.1) is 18.3 Å². The third kappa shape index (κ3) is 4.17. The number of dihydropyridines is 1. The minimum absolute atomic E-state index is 0.0565. The van der Waals surface area contributed by atoms with E-state index in [0.717, 1.165) is 41.9 Å². The first-order valence-electron chi connectivity index (χ1n) is 11.3. The average Bonchev–Trinajstić information content (AvgIpc) is 3.28. The monoisotopic (exact) mass is 459 g/mol. The number of piperidine rings is 1. The number of rotatable bonds is 3. The van der Waals surface area contributed by atoms with Gasteiger partial charge in [-0.15, -0.1) is 0 Å². The number of nitriles is 1. The van der Waals surface area contributed by atoms with Gasteiger partial charge in [-0.25, -0.2) is 0 Å². The van der Waals surface area contributed by atoms with Gasteiger partial charge in [-0.3, -0.25) is 4.79 Å². The lowest BCUT2D eigenvalue weighted by molar-refractivity contribution is 0.0712. The van der Waals surface area contributed by atoms with E-state index in [1.165, 1.54) is 5.56 Å². The topological polar surface area (TPSA) is 80.2 Å². The Morgan fingerprint density at radius 1 is 1.15 bits per heavy atom. The summed E-state index contributed by atoms with van der Waals surface area (Å²) < 4.78 is 0. The fraction of sp³-hybridized carbons (Fsp3) is 0.308. The van der Waals surface area contributed by atoms with Crippen LogP contribution in [0.2, 0.25) is 5.02 Å². The van der Waals surface area contributed by atoms with Gasteiger partial charge in [-0.1, -0.05) is 23.7 Å². The van der Waals surface area contributed by atoms with Crippen molar-refractivity contribution in [1.82, 2.24) is 20.9 Å². The predicted octanol–water partition coefficient (Wildman–Crippen LogP) is 4.06. The smallest absolute Gasteiger partial charge is 0.254 e. The Morgan fingerprint density at radius 3 is 2.61 bits per heavy atom. The zero-order chi connectivity index (χ0) is 22.9. The number of hydrogen-bond donors (Lipinski definition) is 3. The van der Waals surface area contributed by atoms with Crippen molar-refractivity contribution in [2.75, 3.05) is 19.6 Å². The molecule has 2 aromatic carbocycles. The van der Waals surface area contributed by atoms with Crippen LogP contribution in [0.4, 0.5) is 0 Å². The second kappa shape index (κ2) is 8.84. The quantitative estimate of drug-likeness (QED) is 0.645. The van der Waals surface area contributed by atoms with Gasteiger partial charge < -0.3 is 20.9 Å². The molecule has 6 nitrogen and oxygen atoms in total. The Labute approximate surface area is 198 Å². The van der Waals surface area contributed by atoms with E-state index in [1.807, 2.05) is 60.5 Å². The van der Waals surface area contributed by atoms with Crippen LogP contribution in [0.15, 0.2) is 60.1 Å². The lowest BCUT2D eigenvalue weighted by Gasteiger charge is -2.33. The summed E-state index contributed by atoms with van der Waals surface area (Å²) in [6.45, 7) is 4.11. The molecule has 168 valence electrons. The minimum atomic E-state index is -0.165. The van der Waals surface area contributed by atoms with Crippen LogP contribution in [0.3, 0.4) is 0 Å². The Morgan fingerprint density at radius 2 is 1.91 bits per heavy atom. The van der Waals surface area contributed by atoms with Gasteiger partial charge in [0.25, 0.3) is 5.91 Å². The molecule has 1 amide bonds. The highest BCUT2D eigenvalue weighted by atomic mass is 35.5. The first-order chi connectivity index (χ1) is 16.0.